The average Bonchev–Trinajstić information content (AvgIpc) is 2.83. The average molecular weight is 281 g/mol. The third-order valence-corrected chi connectivity index (χ3v) is 3.36. The summed E-state index contributed by atoms with van der Waals surface area (Å²) in [6, 6.07) is -0.190. The lowest BCUT2D eigenvalue weighted by atomic mass is 10.2. The van der Waals surface area contributed by atoms with Gasteiger partial charge in [-0.2, -0.15) is 0 Å². The molecule has 1 aromatic heterocycles. The summed E-state index contributed by atoms with van der Waals surface area (Å²) in [5, 5.41) is 5.65. The number of nitrogens with zero attached hydrogens (tertiary/aromatic N) is 2. The molecule has 110 valence electrons. The molecule has 1 saturated heterocycles. The first-order valence-electron chi connectivity index (χ1n) is 6.58. The van der Waals surface area contributed by atoms with Crippen molar-refractivity contribution < 1.29 is 4.79 Å². The Bertz CT molecular complexity index is 646. The number of amides is 1. The first kappa shape index (κ1) is 14.2. The van der Waals surface area contributed by atoms with Crippen LogP contribution in [0.5, 0.6) is 0 Å². The van der Waals surface area contributed by atoms with Gasteiger partial charge in [0.2, 0.25) is 5.91 Å². The van der Waals surface area contributed by atoms with E-state index < -0.39 is 11.2 Å². The number of rotatable bonds is 4. The minimum Gasteiger partial charge on any atom is -0.383 e. The van der Waals surface area contributed by atoms with Gasteiger partial charge in [0.1, 0.15) is 11.5 Å². The normalized spacial score (nSPS) is 18.1. The SMILES string of the molecule is CCCn1c(N)c(NC2CNC(=O)C2)c(=O)n(C)c1=O. The molecule has 1 unspecified atom stereocenters. The lowest BCUT2D eigenvalue weighted by Crippen LogP contribution is -2.42. The molecule has 0 bridgehead atoms. The largest absolute Gasteiger partial charge is 0.383 e. The monoisotopic (exact) mass is 281 g/mol. The van der Waals surface area contributed by atoms with Crippen molar-refractivity contribution in [2.24, 2.45) is 7.05 Å². The Morgan fingerprint density at radius 2 is 2.10 bits per heavy atom. The predicted molar refractivity (Wildman–Crippen MR) is 75.7 cm³/mol. The van der Waals surface area contributed by atoms with Gasteiger partial charge >= 0.3 is 5.69 Å². The Kier molecular flexibility index (Phi) is 3.82. The molecule has 2 rings (SSSR count). The molecule has 0 radical (unpaired) electrons. The van der Waals surface area contributed by atoms with Crippen LogP contribution in [0.25, 0.3) is 0 Å². The molecule has 0 aromatic carbocycles. The maximum Gasteiger partial charge on any atom is 0.332 e. The molecule has 1 amide bonds. The first-order chi connectivity index (χ1) is 9.45. The summed E-state index contributed by atoms with van der Waals surface area (Å²) >= 11 is 0. The van der Waals surface area contributed by atoms with Crippen LogP contribution < -0.4 is 27.6 Å². The van der Waals surface area contributed by atoms with Crippen molar-refractivity contribution in [2.75, 3.05) is 17.6 Å². The summed E-state index contributed by atoms with van der Waals surface area (Å²) in [4.78, 5) is 35.3. The van der Waals surface area contributed by atoms with E-state index >= 15 is 0 Å². The Labute approximate surface area is 115 Å². The van der Waals surface area contributed by atoms with E-state index in [-0.39, 0.29) is 29.9 Å². The van der Waals surface area contributed by atoms with Crippen LogP contribution in [0.2, 0.25) is 0 Å². The van der Waals surface area contributed by atoms with Gasteiger partial charge in [-0.15, -0.1) is 0 Å². The minimum atomic E-state index is -0.473. The molecular weight excluding hydrogens is 262 g/mol. The van der Waals surface area contributed by atoms with E-state index in [2.05, 4.69) is 10.6 Å². The van der Waals surface area contributed by atoms with Gasteiger partial charge in [0.15, 0.2) is 0 Å². The third kappa shape index (κ3) is 2.40. The first-order valence-corrected chi connectivity index (χ1v) is 6.58. The summed E-state index contributed by atoms with van der Waals surface area (Å²) in [6.07, 6.45) is 1.01. The predicted octanol–water partition coefficient (Wildman–Crippen LogP) is -1.16. The van der Waals surface area contributed by atoms with Crippen LogP contribution in [-0.4, -0.2) is 27.6 Å². The highest BCUT2D eigenvalue weighted by Crippen LogP contribution is 2.14. The maximum absolute atomic E-state index is 12.1. The maximum atomic E-state index is 12.1. The second kappa shape index (κ2) is 5.40. The zero-order valence-corrected chi connectivity index (χ0v) is 11.6. The van der Waals surface area contributed by atoms with Crippen molar-refractivity contribution in [3.05, 3.63) is 20.8 Å². The molecule has 1 aromatic rings. The second-order valence-electron chi connectivity index (χ2n) is 4.91. The molecule has 8 heteroatoms. The van der Waals surface area contributed by atoms with Crippen LogP contribution in [0, 0.1) is 0 Å². The summed E-state index contributed by atoms with van der Waals surface area (Å²) < 4.78 is 2.40. The van der Waals surface area contributed by atoms with Gasteiger partial charge in [0.05, 0.1) is 6.04 Å². The van der Waals surface area contributed by atoms with Crippen molar-refractivity contribution in [3.8, 4) is 0 Å². The van der Waals surface area contributed by atoms with Gasteiger partial charge in [-0.25, -0.2) is 4.79 Å². The Hall–Kier alpha value is -2.25. The molecule has 0 spiro atoms. The molecule has 0 aliphatic carbocycles. The number of carbonyl (C=O) groups excluding carboxylic acids is 1. The van der Waals surface area contributed by atoms with E-state index in [1.165, 1.54) is 11.6 Å². The molecule has 20 heavy (non-hydrogen) atoms. The zero-order chi connectivity index (χ0) is 14.9. The fourth-order valence-corrected chi connectivity index (χ4v) is 2.27. The molecule has 1 aliphatic heterocycles. The van der Waals surface area contributed by atoms with E-state index in [0.29, 0.717) is 13.1 Å². The van der Waals surface area contributed by atoms with Crippen molar-refractivity contribution >= 4 is 17.4 Å². The highest BCUT2D eigenvalue weighted by Gasteiger charge is 2.24. The number of anilines is 2. The van der Waals surface area contributed by atoms with E-state index in [1.807, 2.05) is 6.92 Å². The second-order valence-corrected chi connectivity index (χ2v) is 4.91. The lowest BCUT2D eigenvalue weighted by molar-refractivity contribution is -0.119. The molecule has 0 saturated carbocycles. The van der Waals surface area contributed by atoms with Gasteiger partial charge in [0.25, 0.3) is 5.56 Å². The lowest BCUT2D eigenvalue weighted by Gasteiger charge is -2.18. The quantitative estimate of drug-likeness (QED) is 0.644. The van der Waals surface area contributed by atoms with Gasteiger partial charge in [-0.3, -0.25) is 18.7 Å². The van der Waals surface area contributed by atoms with Gasteiger partial charge in [-0.05, 0) is 6.42 Å². The molecule has 1 atom stereocenters. The van der Waals surface area contributed by atoms with Crippen LogP contribution in [0.4, 0.5) is 11.5 Å². The Morgan fingerprint density at radius 1 is 1.40 bits per heavy atom. The summed E-state index contributed by atoms with van der Waals surface area (Å²) in [5.74, 6) is 0.0547. The molecule has 4 N–H and O–H groups in total. The molecule has 1 fully saturated rings. The topological polar surface area (TPSA) is 111 Å². The minimum absolute atomic E-state index is 0.0697. The highest BCUT2D eigenvalue weighted by molar-refractivity contribution is 5.80. The number of hydrogen-bond acceptors (Lipinski definition) is 5. The number of carbonyl (C=O) groups is 1. The number of aromatic nitrogens is 2. The van der Waals surface area contributed by atoms with E-state index in [1.54, 1.807) is 0 Å². The molecule has 8 nitrogen and oxygen atoms in total. The standard InChI is InChI=1S/C12H19N5O3/c1-3-4-17-10(13)9(11(19)16(2)12(17)20)15-7-5-8(18)14-6-7/h7,15H,3-6,13H2,1-2H3,(H,14,18). The van der Waals surface area contributed by atoms with Gasteiger partial charge < -0.3 is 16.4 Å². The van der Waals surface area contributed by atoms with Gasteiger partial charge in [-0.1, -0.05) is 6.92 Å². The summed E-state index contributed by atoms with van der Waals surface area (Å²) in [7, 11) is 1.42. The molecular formula is C12H19N5O3. The fraction of sp³-hybridized carbons (Fsp3) is 0.583. The van der Waals surface area contributed by atoms with Crippen LogP contribution in [0.15, 0.2) is 9.59 Å². The van der Waals surface area contributed by atoms with Crippen LogP contribution >= 0.6 is 0 Å². The van der Waals surface area contributed by atoms with Crippen LogP contribution in [0.1, 0.15) is 19.8 Å². The summed E-state index contributed by atoms with van der Waals surface area (Å²) in [5.41, 5.74) is 5.21. The van der Waals surface area contributed by atoms with Crippen LogP contribution in [-0.2, 0) is 18.4 Å². The fourth-order valence-electron chi connectivity index (χ4n) is 2.27. The van der Waals surface area contributed by atoms with Gasteiger partial charge in [0, 0.05) is 26.6 Å². The van der Waals surface area contributed by atoms with Crippen molar-refractivity contribution in [3.63, 3.8) is 0 Å². The molecule has 1 aliphatic rings. The van der Waals surface area contributed by atoms with Crippen LogP contribution in [0.3, 0.4) is 0 Å². The number of nitrogens with one attached hydrogen (secondary N) is 2. The Morgan fingerprint density at radius 3 is 2.65 bits per heavy atom. The summed E-state index contributed by atoms with van der Waals surface area (Å²) in [6.45, 7) is 2.80. The zero-order valence-electron chi connectivity index (χ0n) is 11.6. The van der Waals surface area contributed by atoms with Crippen molar-refractivity contribution in [1.29, 1.82) is 0 Å². The third-order valence-electron chi connectivity index (χ3n) is 3.36. The van der Waals surface area contributed by atoms with Crippen molar-refractivity contribution in [1.82, 2.24) is 14.5 Å². The number of nitrogens with two attached hydrogens (primary N) is 1. The smallest absolute Gasteiger partial charge is 0.332 e. The Balaban J connectivity index is 2.44. The molecule has 2 heterocycles. The van der Waals surface area contributed by atoms with E-state index in [0.717, 1.165) is 11.0 Å². The van der Waals surface area contributed by atoms with E-state index in [9.17, 15) is 14.4 Å². The highest BCUT2D eigenvalue weighted by atomic mass is 16.2. The van der Waals surface area contributed by atoms with E-state index in [4.69, 9.17) is 5.73 Å². The number of nitrogen functional groups attached to an aromatic ring is 1. The van der Waals surface area contributed by atoms with Crippen molar-refractivity contribution in [2.45, 2.75) is 32.4 Å². The number of hydrogen-bond donors (Lipinski definition) is 3.